The molecule has 5 heteroatoms. The van der Waals surface area contributed by atoms with E-state index < -0.39 is 5.60 Å². The van der Waals surface area contributed by atoms with Crippen LogP contribution >= 0.6 is 0 Å². The van der Waals surface area contributed by atoms with Crippen molar-refractivity contribution in [2.75, 3.05) is 25.5 Å². The molecule has 0 radical (unpaired) electrons. The van der Waals surface area contributed by atoms with E-state index in [0.717, 1.165) is 37.1 Å². The number of likely N-dealkylation sites (tertiary alicyclic amines) is 1. The van der Waals surface area contributed by atoms with E-state index in [-0.39, 0.29) is 5.91 Å². The molecule has 1 heterocycles. The summed E-state index contributed by atoms with van der Waals surface area (Å²) in [5, 5.41) is 14.0. The van der Waals surface area contributed by atoms with E-state index in [9.17, 15) is 9.90 Å². The molecule has 23 heavy (non-hydrogen) atoms. The molecule has 2 N–H and O–H groups in total. The number of ether oxygens (including phenoxy) is 1. The smallest absolute Gasteiger partial charge is 0.254 e. The number of hydrogen-bond acceptors (Lipinski definition) is 4. The van der Waals surface area contributed by atoms with Crippen LogP contribution in [0.3, 0.4) is 0 Å². The molecule has 5 nitrogen and oxygen atoms in total. The molecule has 1 aliphatic heterocycles. The van der Waals surface area contributed by atoms with Crippen molar-refractivity contribution in [3.63, 3.8) is 0 Å². The van der Waals surface area contributed by atoms with Crippen LogP contribution < -0.4 is 10.1 Å². The Labute approximate surface area is 137 Å². The number of aliphatic hydroxyl groups is 1. The molecule has 1 saturated carbocycles. The van der Waals surface area contributed by atoms with Gasteiger partial charge in [0.1, 0.15) is 11.4 Å². The minimum atomic E-state index is -1.09. The second-order valence-electron chi connectivity index (χ2n) is 6.65. The van der Waals surface area contributed by atoms with Crippen molar-refractivity contribution in [1.82, 2.24) is 4.90 Å². The van der Waals surface area contributed by atoms with Gasteiger partial charge in [0.15, 0.2) is 0 Å². The highest BCUT2D eigenvalue weighted by molar-refractivity contribution is 5.85. The van der Waals surface area contributed by atoms with Crippen molar-refractivity contribution >= 4 is 11.6 Å². The van der Waals surface area contributed by atoms with Crippen molar-refractivity contribution in [2.45, 2.75) is 50.2 Å². The van der Waals surface area contributed by atoms with Crippen LogP contribution in [0, 0.1) is 0 Å². The summed E-state index contributed by atoms with van der Waals surface area (Å²) in [5.41, 5.74) is -0.0997. The summed E-state index contributed by atoms with van der Waals surface area (Å²) in [5.74, 6) is 0.775. The number of piperidine rings is 1. The van der Waals surface area contributed by atoms with E-state index in [4.69, 9.17) is 4.74 Å². The van der Waals surface area contributed by atoms with Crippen LogP contribution in [-0.2, 0) is 4.79 Å². The first-order chi connectivity index (χ1) is 11.1. The van der Waals surface area contributed by atoms with Gasteiger partial charge in [-0.1, -0.05) is 12.1 Å². The number of para-hydroxylation sites is 2. The van der Waals surface area contributed by atoms with E-state index in [0.29, 0.717) is 32.0 Å². The maximum absolute atomic E-state index is 12.5. The number of amides is 1. The van der Waals surface area contributed by atoms with Crippen LogP contribution in [0.15, 0.2) is 24.3 Å². The fourth-order valence-electron chi connectivity index (χ4n) is 3.68. The molecule has 1 aromatic rings. The number of benzene rings is 1. The Hall–Kier alpha value is -1.75. The van der Waals surface area contributed by atoms with Gasteiger partial charge in [-0.25, -0.2) is 0 Å². The molecule has 126 valence electrons. The van der Waals surface area contributed by atoms with Gasteiger partial charge < -0.3 is 20.1 Å². The first-order valence-corrected chi connectivity index (χ1v) is 8.54. The van der Waals surface area contributed by atoms with E-state index in [1.165, 1.54) is 0 Å². The monoisotopic (exact) mass is 318 g/mol. The van der Waals surface area contributed by atoms with Gasteiger partial charge in [-0.15, -0.1) is 0 Å². The number of hydrogen-bond donors (Lipinski definition) is 2. The summed E-state index contributed by atoms with van der Waals surface area (Å²) < 4.78 is 5.37. The van der Waals surface area contributed by atoms with Gasteiger partial charge >= 0.3 is 0 Å². The van der Waals surface area contributed by atoms with Crippen molar-refractivity contribution in [3.8, 4) is 5.75 Å². The zero-order chi connectivity index (χ0) is 16.3. The fraction of sp³-hybridized carbons (Fsp3) is 0.611. The Morgan fingerprint density at radius 1 is 1.26 bits per heavy atom. The molecule has 0 atom stereocenters. The number of nitrogens with zero attached hydrogens (tertiary/aromatic N) is 1. The van der Waals surface area contributed by atoms with Gasteiger partial charge in [0, 0.05) is 19.1 Å². The lowest BCUT2D eigenvalue weighted by Gasteiger charge is -2.36. The third-order valence-corrected chi connectivity index (χ3v) is 5.08. The first kappa shape index (κ1) is 16.1. The maximum atomic E-state index is 12.5. The summed E-state index contributed by atoms with van der Waals surface area (Å²) in [6.07, 6.45) is 4.91. The third-order valence-electron chi connectivity index (χ3n) is 5.08. The summed E-state index contributed by atoms with van der Waals surface area (Å²) in [6.45, 7) is 1.40. The van der Waals surface area contributed by atoms with Crippen molar-refractivity contribution in [2.24, 2.45) is 0 Å². The Morgan fingerprint density at radius 3 is 2.57 bits per heavy atom. The van der Waals surface area contributed by atoms with Gasteiger partial charge in [0.25, 0.3) is 5.91 Å². The van der Waals surface area contributed by atoms with Crippen LogP contribution in [-0.4, -0.2) is 47.8 Å². The predicted octanol–water partition coefficient (Wildman–Crippen LogP) is 2.40. The van der Waals surface area contributed by atoms with E-state index in [1.807, 2.05) is 29.2 Å². The van der Waals surface area contributed by atoms with Crippen LogP contribution in [0.1, 0.15) is 38.5 Å². The molecule has 2 fully saturated rings. The Kier molecular flexibility index (Phi) is 4.76. The zero-order valence-electron chi connectivity index (χ0n) is 13.8. The van der Waals surface area contributed by atoms with Gasteiger partial charge in [-0.2, -0.15) is 0 Å². The minimum absolute atomic E-state index is 0.0641. The lowest BCUT2D eigenvalue weighted by atomic mass is 9.97. The highest BCUT2D eigenvalue weighted by Crippen LogP contribution is 2.32. The Bertz CT molecular complexity index is 547. The number of anilines is 1. The molecule has 3 rings (SSSR count). The van der Waals surface area contributed by atoms with E-state index in [2.05, 4.69) is 5.32 Å². The van der Waals surface area contributed by atoms with Crippen molar-refractivity contribution in [1.29, 1.82) is 0 Å². The maximum Gasteiger partial charge on any atom is 0.254 e. The molecule has 1 saturated heterocycles. The predicted molar refractivity (Wildman–Crippen MR) is 89.6 cm³/mol. The fourth-order valence-corrected chi connectivity index (χ4v) is 3.68. The number of methoxy groups -OCH3 is 1. The van der Waals surface area contributed by atoms with Crippen molar-refractivity contribution < 1.29 is 14.6 Å². The normalized spacial score (nSPS) is 21.2. The molecule has 1 amide bonds. The molecule has 2 aliphatic rings. The standard InChI is InChI=1S/C18H26N2O3/c1-23-16-7-3-2-6-15(16)19-14-8-12-20(13-9-14)17(21)18(22)10-4-5-11-18/h2-3,6-7,14,19,22H,4-5,8-13H2,1H3. The van der Waals surface area contributed by atoms with Crippen LogP contribution in [0.25, 0.3) is 0 Å². The number of carbonyl (C=O) groups excluding carboxylic acids is 1. The van der Waals surface area contributed by atoms with Crippen LogP contribution in [0.4, 0.5) is 5.69 Å². The Balaban J connectivity index is 1.55. The lowest BCUT2D eigenvalue weighted by Crippen LogP contribution is -2.51. The molecule has 0 aromatic heterocycles. The van der Waals surface area contributed by atoms with E-state index >= 15 is 0 Å². The largest absolute Gasteiger partial charge is 0.495 e. The molecular weight excluding hydrogens is 292 g/mol. The summed E-state index contributed by atoms with van der Waals surface area (Å²) in [4.78, 5) is 14.4. The summed E-state index contributed by atoms with van der Waals surface area (Å²) >= 11 is 0. The molecule has 0 unspecified atom stereocenters. The third kappa shape index (κ3) is 3.44. The molecule has 1 aromatic carbocycles. The zero-order valence-corrected chi connectivity index (χ0v) is 13.8. The summed E-state index contributed by atoms with van der Waals surface area (Å²) in [7, 11) is 1.67. The second kappa shape index (κ2) is 6.79. The van der Waals surface area contributed by atoms with Gasteiger partial charge in [0.2, 0.25) is 0 Å². The molecule has 1 aliphatic carbocycles. The number of nitrogens with one attached hydrogen (secondary N) is 1. The second-order valence-corrected chi connectivity index (χ2v) is 6.65. The van der Waals surface area contributed by atoms with Gasteiger partial charge in [-0.3, -0.25) is 4.79 Å². The lowest BCUT2D eigenvalue weighted by molar-refractivity contribution is -0.151. The molecule has 0 spiro atoms. The van der Waals surface area contributed by atoms with Gasteiger partial charge in [0.05, 0.1) is 12.8 Å². The van der Waals surface area contributed by atoms with Gasteiger partial charge in [-0.05, 0) is 50.7 Å². The topological polar surface area (TPSA) is 61.8 Å². The van der Waals surface area contributed by atoms with Crippen LogP contribution in [0.5, 0.6) is 5.75 Å². The highest BCUT2D eigenvalue weighted by Gasteiger charge is 2.42. The summed E-state index contributed by atoms with van der Waals surface area (Å²) in [6, 6.07) is 8.22. The average molecular weight is 318 g/mol. The number of carbonyl (C=O) groups is 1. The minimum Gasteiger partial charge on any atom is -0.495 e. The SMILES string of the molecule is COc1ccccc1NC1CCN(C(=O)C2(O)CCCC2)CC1. The molecular formula is C18H26N2O3. The molecule has 0 bridgehead atoms. The average Bonchev–Trinajstić information content (AvgIpc) is 3.03. The van der Waals surface area contributed by atoms with Crippen LogP contribution in [0.2, 0.25) is 0 Å². The number of rotatable bonds is 4. The van der Waals surface area contributed by atoms with Crippen molar-refractivity contribution in [3.05, 3.63) is 24.3 Å². The van der Waals surface area contributed by atoms with E-state index in [1.54, 1.807) is 7.11 Å². The quantitative estimate of drug-likeness (QED) is 0.895. The Morgan fingerprint density at radius 2 is 1.91 bits per heavy atom. The highest BCUT2D eigenvalue weighted by atomic mass is 16.5. The first-order valence-electron chi connectivity index (χ1n) is 8.54.